The predicted octanol–water partition coefficient (Wildman–Crippen LogP) is 1.73. The maximum atomic E-state index is 12.4. The minimum absolute atomic E-state index is 0.0378. The Kier molecular flexibility index (Phi) is 5.30. The van der Waals surface area contributed by atoms with Crippen molar-refractivity contribution in [3.05, 3.63) is 29.3 Å². The molecule has 1 fully saturated rings. The van der Waals surface area contributed by atoms with E-state index in [1.54, 1.807) is 19.1 Å². The number of halogens is 2. The molecular formula is C14H19BF2N2O2. The summed E-state index contributed by atoms with van der Waals surface area (Å²) >= 11 is 0. The number of piperazine rings is 1. The van der Waals surface area contributed by atoms with E-state index in [4.69, 9.17) is 0 Å². The summed E-state index contributed by atoms with van der Waals surface area (Å²) in [4.78, 5) is 16.6. The average molecular weight is 296 g/mol. The average Bonchev–Trinajstić information content (AvgIpc) is 2.40. The molecule has 0 bridgehead atoms. The van der Waals surface area contributed by atoms with E-state index in [9.17, 15) is 13.4 Å². The van der Waals surface area contributed by atoms with Crippen molar-refractivity contribution in [2.45, 2.75) is 6.92 Å². The third kappa shape index (κ3) is 4.51. The van der Waals surface area contributed by atoms with Gasteiger partial charge in [-0.2, -0.15) is 0 Å². The second-order valence-corrected chi connectivity index (χ2v) is 5.38. The molecule has 0 atom stereocenters. The van der Waals surface area contributed by atoms with Crippen LogP contribution in [0.25, 0.3) is 0 Å². The molecule has 4 nitrogen and oxygen atoms in total. The van der Waals surface area contributed by atoms with Crippen LogP contribution < -0.4 is 4.65 Å². The Morgan fingerprint density at radius 1 is 1.29 bits per heavy atom. The topological polar surface area (TPSA) is 32.8 Å². The highest BCUT2D eigenvalue weighted by atomic mass is 19.2. The van der Waals surface area contributed by atoms with Crippen LogP contribution in [0.1, 0.15) is 15.9 Å². The molecule has 21 heavy (non-hydrogen) atoms. The van der Waals surface area contributed by atoms with Crippen LogP contribution in [0, 0.1) is 6.92 Å². The molecule has 1 saturated heterocycles. The largest absolute Gasteiger partial charge is 0.796 e. The van der Waals surface area contributed by atoms with E-state index >= 15 is 0 Å². The summed E-state index contributed by atoms with van der Waals surface area (Å²) in [7, 11) is -0.893. The highest BCUT2D eigenvalue weighted by Crippen LogP contribution is 2.22. The van der Waals surface area contributed by atoms with E-state index in [2.05, 4.69) is 9.55 Å². The number of Topliss-reactive ketones (excluding diaryl/α,β-unsaturated/α-hetero) is 1. The van der Waals surface area contributed by atoms with Gasteiger partial charge in [0.05, 0.1) is 12.1 Å². The SMILES string of the molecule is Cc1ccc(C(=O)CN2CCN(C)CC2)c(OB(F)F)c1. The fourth-order valence-electron chi connectivity index (χ4n) is 2.35. The number of ketones is 1. The number of rotatable bonds is 5. The van der Waals surface area contributed by atoms with Crippen molar-refractivity contribution >= 4 is 13.3 Å². The first-order valence-electron chi connectivity index (χ1n) is 6.95. The quantitative estimate of drug-likeness (QED) is 0.612. The van der Waals surface area contributed by atoms with E-state index in [1.807, 2.05) is 11.9 Å². The molecule has 114 valence electrons. The summed E-state index contributed by atoms with van der Waals surface area (Å²) in [5.74, 6) is -0.223. The lowest BCUT2D eigenvalue weighted by Gasteiger charge is -2.31. The molecule has 0 saturated carbocycles. The Hall–Kier alpha value is -1.47. The number of hydrogen-bond acceptors (Lipinski definition) is 4. The summed E-state index contributed by atoms with van der Waals surface area (Å²) in [5, 5.41) is 0. The highest BCUT2D eigenvalue weighted by Gasteiger charge is 2.24. The molecule has 1 aromatic rings. The number of aryl methyl sites for hydroxylation is 1. The number of benzene rings is 1. The summed E-state index contributed by atoms with van der Waals surface area (Å²) in [6.45, 7) is 5.42. The van der Waals surface area contributed by atoms with E-state index in [0.717, 1.165) is 31.7 Å². The molecular weight excluding hydrogens is 277 g/mol. The minimum atomic E-state index is -2.93. The van der Waals surface area contributed by atoms with Gasteiger partial charge in [-0.3, -0.25) is 9.69 Å². The smallest absolute Gasteiger partial charge is 0.505 e. The van der Waals surface area contributed by atoms with Gasteiger partial charge in [0, 0.05) is 26.2 Å². The maximum Gasteiger partial charge on any atom is 0.796 e. The third-order valence-corrected chi connectivity index (χ3v) is 3.62. The van der Waals surface area contributed by atoms with Gasteiger partial charge in [-0.15, -0.1) is 0 Å². The van der Waals surface area contributed by atoms with Gasteiger partial charge in [0.2, 0.25) is 0 Å². The zero-order valence-electron chi connectivity index (χ0n) is 12.3. The van der Waals surface area contributed by atoms with Gasteiger partial charge in [0.25, 0.3) is 0 Å². The van der Waals surface area contributed by atoms with E-state index in [-0.39, 0.29) is 23.6 Å². The van der Waals surface area contributed by atoms with Crippen LogP contribution >= 0.6 is 0 Å². The Morgan fingerprint density at radius 3 is 2.57 bits per heavy atom. The highest BCUT2D eigenvalue weighted by molar-refractivity contribution is 6.35. The van der Waals surface area contributed by atoms with Gasteiger partial charge in [-0.05, 0) is 31.7 Å². The fraction of sp³-hybridized carbons (Fsp3) is 0.500. The molecule has 0 unspecified atom stereocenters. The number of likely N-dealkylation sites (N-methyl/N-ethyl adjacent to an activating group) is 1. The molecule has 0 amide bonds. The lowest BCUT2D eigenvalue weighted by molar-refractivity contribution is 0.0874. The third-order valence-electron chi connectivity index (χ3n) is 3.62. The van der Waals surface area contributed by atoms with Crippen molar-refractivity contribution in [1.82, 2.24) is 9.80 Å². The normalized spacial score (nSPS) is 16.8. The standard InChI is InChI=1S/C14H19BF2N2O2/c1-11-3-4-12(14(9-11)21-15(16)17)13(20)10-19-7-5-18(2)6-8-19/h3-4,9H,5-8,10H2,1-2H3. The Morgan fingerprint density at radius 2 is 1.95 bits per heavy atom. The van der Waals surface area contributed by atoms with E-state index < -0.39 is 7.47 Å². The second kappa shape index (κ2) is 7.00. The van der Waals surface area contributed by atoms with Crippen molar-refractivity contribution < 1.29 is 18.1 Å². The van der Waals surface area contributed by atoms with E-state index in [0.29, 0.717) is 0 Å². The molecule has 7 heteroatoms. The van der Waals surface area contributed by atoms with Gasteiger partial charge >= 0.3 is 7.47 Å². The van der Waals surface area contributed by atoms with Crippen LogP contribution in [-0.4, -0.2) is 62.8 Å². The van der Waals surface area contributed by atoms with Crippen LogP contribution in [0.2, 0.25) is 0 Å². The molecule has 0 radical (unpaired) electrons. The van der Waals surface area contributed by atoms with Crippen molar-refractivity contribution in [3.63, 3.8) is 0 Å². The van der Waals surface area contributed by atoms with Crippen molar-refractivity contribution in [1.29, 1.82) is 0 Å². The molecule has 1 aliphatic heterocycles. The first-order chi connectivity index (χ1) is 9.95. The zero-order chi connectivity index (χ0) is 15.4. The van der Waals surface area contributed by atoms with Gasteiger partial charge < -0.3 is 9.55 Å². The number of nitrogens with zero attached hydrogens (tertiary/aromatic N) is 2. The predicted molar refractivity (Wildman–Crippen MR) is 78.0 cm³/mol. The fourth-order valence-corrected chi connectivity index (χ4v) is 2.35. The molecule has 1 heterocycles. The van der Waals surface area contributed by atoms with Crippen LogP contribution in [0.5, 0.6) is 5.75 Å². The van der Waals surface area contributed by atoms with Crippen LogP contribution in [-0.2, 0) is 0 Å². The van der Waals surface area contributed by atoms with Gasteiger partial charge in [-0.1, -0.05) is 6.07 Å². The number of carbonyl (C=O) groups excluding carboxylic acids is 1. The number of carbonyl (C=O) groups is 1. The molecule has 1 aromatic carbocycles. The molecule has 0 N–H and O–H groups in total. The molecule has 0 spiro atoms. The second-order valence-electron chi connectivity index (χ2n) is 5.38. The summed E-state index contributed by atoms with van der Waals surface area (Å²) < 4.78 is 29.4. The molecule has 0 aromatic heterocycles. The zero-order valence-corrected chi connectivity index (χ0v) is 12.3. The lowest BCUT2D eigenvalue weighted by Crippen LogP contribution is -2.46. The van der Waals surface area contributed by atoms with Crippen LogP contribution in [0.4, 0.5) is 8.63 Å². The Bertz CT molecular complexity index is 506. The molecule has 1 aliphatic rings. The van der Waals surface area contributed by atoms with Gasteiger partial charge in [0.15, 0.2) is 5.78 Å². The first kappa shape index (κ1) is 15.9. The monoisotopic (exact) mass is 296 g/mol. The van der Waals surface area contributed by atoms with Gasteiger partial charge in [0.1, 0.15) is 5.75 Å². The summed E-state index contributed by atoms with van der Waals surface area (Å²) in [6.07, 6.45) is 0. The molecule has 0 aliphatic carbocycles. The summed E-state index contributed by atoms with van der Waals surface area (Å²) in [6, 6.07) is 4.77. The maximum absolute atomic E-state index is 12.4. The van der Waals surface area contributed by atoms with Crippen molar-refractivity contribution in [2.24, 2.45) is 0 Å². The first-order valence-corrected chi connectivity index (χ1v) is 6.95. The van der Waals surface area contributed by atoms with Crippen molar-refractivity contribution in [3.8, 4) is 5.75 Å². The lowest BCUT2D eigenvalue weighted by atomic mass is 10.1. The minimum Gasteiger partial charge on any atom is -0.505 e. The molecule has 2 rings (SSSR count). The van der Waals surface area contributed by atoms with Crippen LogP contribution in [0.3, 0.4) is 0 Å². The Labute approximate surface area is 123 Å². The number of hydrogen-bond donors (Lipinski definition) is 0. The van der Waals surface area contributed by atoms with Crippen molar-refractivity contribution in [2.75, 3.05) is 39.8 Å². The van der Waals surface area contributed by atoms with Gasteiger partial charge in [-0.25, -0.2) is 8.63 Å². The van der Waals surface area contributed by atoms with Crippen LogP contribution in [0.15, 0.2) is 18.2 Å². The summed E-state index contributed by atoms with van der Waals surface area (Å²) in [5.41, 5.74) is 1.00. The van der Waals surface area contributed by atoms with E-state index in [1.165, 1.54) is 6.07 Å². The Balaban J connectivity index is 2.07.